The first-order valence-electron chi connectivity index (χ1n) is 9.64. The van der Waals surface area contributed by atoms with Crippen LogP contribution in [0.4, 0.5) is 11.5 Å². The van der Waals surface area contributed by atoms with E-state index >= 15 is 0 Å². The lowest BCUT2D eigenvalue weighted by Crippen LogP contribution is -2.24. The van der Waals surface area contributed by atoms with E-state index in [0.29, 0.717) is 25.6 Å². The highest BCUT2D eigenvalue weighted by atomic mass is 16.5. The second kappa shape index (κ2) is 8.64. The van der Waals surface area contributed by atoms with Crippen molar-refractivity contribution in [2.45, 2.75) is 13.5 Å². The fraction of sp³-hybridized carbons (Fsp3) is 0.174. The van der Waals surface area contributed by atoms with E-state index in [0.717, 1.165) is 27.8 Å². The number of rotatable bonds is 7. The number of imidazole rings is 1. The largest absolute Gasteiger partial charge is 0.380 e. The van der Waals surface area contributed by atoms with Crippen LogP contribution >= 0.6 is 0 Å². The molecule has 2 aromatic heterocycles. The molecule has 4 rings (SSSR count). The van der Waals surface area contributed by atoms with Gasteiger partial charge in [-0.15, -0.1) is 6.42 Å². The molecule has 7 nitrogen and oxygen atoms in total. The molecule has 0 bridgehead atoms. The minimum atomic E-state index is -0.123. The third kappa shape index (κ3) is 3.95. The van der Waals surface area contributed by atoms with E-state index in [2.05, 4.69) is 21.2 Å². The molecule has 0 saturated carbocycles. The van der Waals surface area contributed by atoms with Crippen molar-refractivity contribution in [3.63, 3.8) is 0 Å². The molecule has 0 aliphatic carbocycles. The van der Waals surface area contributed by atoms with Crippen LogP contribution in [0.1, 0.15) is 12.5 Å². The predicted molar refractivity (Wildman–Crippen MR) is 117 cm³/mol. The Kier molecular flexibility index (Phi) is 5.59. The molecule has 150 valence electrons. The lowest BCUT2D eigenvalue weighted by Gasteiger charge is -2.10. The fourth-order valence-electron chi connectivity index (χ4n) is 3.20. The van der Waals surface area contributed by atoms with Gasteiger partial charge >= 0.3 is 5.69 Å². The average molecular weight is 399 g/mol. The number of ether oxygens (including phenoxy) is 1. The molecule has 0 aliphatic rings. The van der Waals surface area contributed by atoms with Crippen LogP contribution in [0.5, 0.6) is 0 Å². The van der Waals surface area contributed by atoms with Crippen molar-refractivity contribution >= 4 is 22.4 Å². The van der Waals surface area contributed by atoms with Crippen LogP contribution in [0, 0.1) is 12.3 Å². The molecule has 0 radical (unpaired) electrons. The molecule has 0 fully saturated rings. The van der Waals surface area contributed by atoms with Crippen molar-refractivity contribution in [1.82, 2.24) is 19.1 Å². The summed E-state index contributed by atoms with van der Waals surface area (Å²) in [7, 11) is 0. The number of aromatic nitrogens is 4. The van der Waals surface area contributed by atoms with Gasteiger partial charge in [-0.25, -0.2) is 14.8 Å². The summed E-state index contributed by atoms with van der Waals surface area (Å²) in [6.07, 6.45) is 10.5. The third-order valence-electron chi connectivity index (χ3n) is 4.72. The van der Waals surface area contributed by atoms with Gasteiger partial charge in [0, 0.05) is 35.6 Å². The van der Waals surface area contributed by atoms with Crippen LogP contribution in [0.2, 0.25) is 0 Å². The van der Waals surface area contributed by atoms with Gasteiger partial charge in [-0.1, -0.05) is 12.0 Å². The maximum atomic E-state index is 12.8. The molecule has 0 unspecified atom stereocenters. The van der Waals surface area contributed by atoms with Gasteiger partial charge < -0.3 is 10.1 Å². The van der Waals surface area contributed by atoms with Crippen molar-refractivity contribution in [3.05, 3.63) is 77.2 Å². The topological polar surface area (TPSA) is 74.0 Å². The SMILES string of the molecule is C#Cc1cccc(Nc2ncnc3ccc(-n4ccn(CCOCC)c4=O)cc23)c1. The highest BCUT2D eigenvalue weighted by Crippen LogP contribution is 2.25. The van der Waals surface area contributed by atoms with Crippen LogP contribution in [0.25, 0.3) is 16.6 Å². The van der Waals surface area contributed by atoms with E-state index in [1.54, 1.807) is 21.5 Å². The van der Waals surface area contributed by atoms with Crippen LogP contribution in [-0.2, 0) is 11.3 Å². The molecule has 0 amide bonds. The van der Waals surface area contributed by atoms with Crippen molar-refractivity contribution in [3.8, 4) is 18.0 Å². The first-order chi connectivity index (χ1) is 14.7. The molecule has 2 heterocycles. The van der Waals surface area contributed by atoms with Crippen molar-refractivity contribution in [2.75, 3.05) is 18.5 Å². The van der Waals surface area contributed by atoms with E-state index in [1.165, 1.54) is 6.33 Å². The number of anilines is 2. The Bertz CT molecular complexity index is 1280. The van der Waals surface area contributed by atoms with Crippen LogP contribution in [0.3, 0.4) is 0 Å². The van der Waals surface area contributed by atoms with Crippen molar-refractivity contribution < 1.29 is 4.74 Å². The van der Waals surface area contributed by atoms with Gasteiger partial charge in [-0.2, -0.15) is 0 Å². The van der Waals surface area contributed by atoms with Crippen molar-refractivity contribution in [2.24, 2.45) is 0 Å². The maximum Gasteiger partial charge on any atom is 0.332 e. The molecule has 4 aromatic rings. The van der Waals surface area contributed by atoms with Gasteiger partial charge in [0.2, 0.25) is 0 Å². The zero-order chi connectivity index (χ0) is 20.9. The number of fused-ring (bicyclic) bond motifs is 1. The number of nitrogens with one attached hydrogen (secondary N) is 1. The molecule has 7 heteroatoms. The molecule has 0 spiro atoms. The van der Waals surface area contributed by atoms with Crippen molar-refractivity contribution in [1.29, 1.82) is 0 Å². The Balaban J connectivity index is 1.70. The Labute approximate surface area is 174 Å². The van der Waals surface area contributed by atoms with Crippen LogP contribution in [0.15, 0.2) is 66.0 Å². The quantitative estimate of drug-likeness (QED) is 0.381. The van der Waals surface area contributed by atoms with Gasteiger partial charge in [0.15, 0.2) is 0 Å². The molecule has 0 atom stereocenters. The molecule has 30 heavy (non-hydrogen) atoms. The minimum Gasteiger partial charge on any atom is -0.380 e. The Morgan fingerprint density at radius 2 is 2.07 bits per heavy atom. The molecule has 0 saturated heterocycles. The lowest BCUT2D eigenvalue weighted by atomic mass is 10.2. The van der Waals surface area contributed by atoms with E-state index in [4.69, 9.17) is 11.2 Å². The second-order valence-corrected chi connectivity index (χ2v) is 6.61. The number of benzene rings is 2. The zero-order valence-corrected chi connectivity index (χ0v) is 16.6. The Morgan fingerprint density at radius 3 is 2.90 bits per heavy atom. The van der Waals surface area contributed by atoms with E-state index < -0.39 is 0 Å². The first-order valence-corrected chi connectivity index (χ1v) is 9.64. The molecular formula is C23H21N5O2. The third-order valence-corrected chi connectivity index (χ3v) is 4.72. The van der Waals surface area contributed by atoms with E-state index in [-0.39, 0.29) is 5.69 Å². The summed E-state index contributed by atoms with van der Waals surface area (Å²) in [5.74, 6) is 3.26. The first kappa shape index (κ1) is 19.4. The lowest BCUT2D eigenvalue weighted by molar-refractivity contribution is 0.138. The number of terminal acetylenes is 1. The fourth-order valence-corrected chi connectivity index (χ4v) is 3.20. The smallest absolute Gasteiger partial charge is 0.332 e. The van der Waals surface area contributed by atoms with Gasteiger partial charge in [-0.05, 0) is 43.3 Å². The van der Waals surface area contributed by atoms with E-state index in [1.807, 2.05) is 49.4 Å². The average Bonchev–Trinajstić information content (AvgIpc) is 3.14. The normalized spacial score (nSPS) is 10.8. The minimum absolute atomic E-state index is 0.123. The maximum absolute atomic E-state index is 12.8. The van der Waals surface area contributed by atoms with Gasteiger partial charge in [0.25, 0.3) is 0 Å². The van der Waals surface area contributed by atoms with Gasteiger partial charge in [-0.3, -0.25) is 9.13 Å². The summed E-state index contributed by atoms with van der Waals surface area (Å²) < 4.78 is 8.58. The monoisotopic (exact) mass is 399 g/mol. The number of hydrogen-bond donors (Lipinski definition) is 1. The number of nitrogens with zero attached hydrogens (tertiary/aromatic N) is 4. The summed E-state index contributed by atoms with van der Waals surface area (Å²) in [6.45, 7) is 3.56. The summed E-state index contributed by atoms with van der Waals surface area (Å²) in [6, 6.07) is 13.2. The van der Waals surface area contributed by atoms with Gasteiger partial charge in [0.1, 0.15) is 12.1 Å². The molecule has 0 aliphatic heterocycles. The highest BCUT2D eigenvalue weighted by Gasteiger charge is 2.10. The van der Waals surface area contributed by atoms with Crippen LogP contribution in [-0.4, -0.2) is 32.3 Å². The standard InChI is InChI=1S/C23H21N5O2/c1-3-17-6-5-7-18(14-17)26-22-20-15-19(8-9-21(20)24-16-25-22)28-11-10-27(23(28)29)12-13-30-4-2/h1,5-11,14-16H,4,12-13H2,2H3,(H,24,25,26). The number of hydrogen-bond acceptors (Lipinski definition) is 5. The molecule has 1 N–H and O–H groups in total. The predicted octanol–water partition coefficient (Wildman–Crippen LogP) is 3.34. The highest BCUT2D eigenvalue weighted by molar-refractivity contribution is 5.92. The van der Waals surface area contributed by atoms with Gasteiger partial charge in [0.05, 0.1) is 24.4 Å². The summed E-state index contributed by atoms with van der Waals surface area (Å²) >= 11 is 0. The summed E-state index contributed by atoms with van der Waals surface area (Å²) in [5.41, 5.74) is 2.99. The zero-order valence-electron chi connectivity index (χ0n) is 16.6. The Morgan fingerprint density at radius 1 is 1.17 bits per heavy atom. The summed E-state index contributed by atoms with van der Waals surface area (Å²) in [4.78, 5) is 21.5. The Hall–Kier alpha value is -3.89. The molecule has 2 aromatic carbocycles. The second-order valence-electron chi connectivity index (χ2n) is 6.61. The van der Waals surface area contributed by atoms with E-state index in [9.17, 15) is 4.79 Å². The molecular weight excluding hydrogens is 378 g/mol. The summed E-state index contributed by atoms with van der Waals surface area (Å²) in [5, 5.41) is 4.10. The van der Waals surface area contributed by atoms with Crippen LogP contribution < -0.4 is 11.0 Å².